The van der Waals surface area contributed by atoms with Crippen molar-refractivity contribution in [3.05, 3.63) is 39.4 Å². The van der Waals surface area contributed by atoms with Crippen LogP contribution in [0.4, 0.5) is 5.69 Å². The summed E-state index contributed by atoms with van der Waals surface area (Å²) in [5.41, 5.74) is 0.491. The molecule has 7 heteroatoms. The van der Waals surface area contributed by atoms with E-state index in [1.54, 1.807) is 6.92 Å². The topological polar surface area (TPSA) is 98.5 Å². The Morgan fingerprint density at radius 3 is 2.68 bits per heavy atom. The van der Waals surface area contributed by atoms with Crippen LogP contribution in [0.2, 0.25) is 0 Å². The molecule has 1 amide bonds. The SMILES string of the molecule is Cc1cc(C(=O)OCC(=O)N[C@@H](C)C2CC2)ccc1[N+](=O)[O-]. The molecule has 22 heavy (non-hydrogen) atoms. The van der Waals surface area contributed by atoms with E-state index >= 15 is 0 Å². The highest BCUT2D eigenvalue weighted by Crippen LogP contribution is 2.32. The summed E-state index contributed by atoms with van der Waals surface area (Å²) in [5, 5.41) is 13.5. The number of amides is 1. The van der Waals surface area contributed by atoms with Crippen LogP contribution in [-0.2, 0) is 9.53 Å². The van der Waals surface area contributed by atoms with Gasteiger partial charge in [0, 0.05) is 17.7 Å². The van der Waals surface area contributed by atoms with E-state index in [1.165, 1.54) is 18.2 Å². The standard InChI is InChI=1S/C15H18N2O5/c1-9-7-12(5-6-13(9)17(20)21)15(19)22-8-14(18)16-10(2)11-3-4-11/h5-7,10-11H,3-4,8H2,1-2H3,(H,16,18)/t10-/m0/s1. The molecule has 1 N–H and O–H groups in total. The van der Waals surface area contributed by atoms with E-state index < -0.39 is 10.9 Å². The monoisotopic (exact) mass is 306 g/mol. The fourth-order valence-electron chi connectivity index (χ4n) is 2.21. The molecule has 0 aliphatic heterocycles. The van der Waals surface area contributed by atoms with Crippen molar-refractivity contribution in [1.29, 1.82) is 0 Å². The van der Waals surface area contributed by atoms with Gasteiger partial charge in [-0.25, -0.2) is 4.79 Å². The maximum absolute atomic E-state index is 11.8. The molecule has 0 saturated heterocycles. The second-order valence-electron chi connectivity index (χ2n) is 5.53. The lowest BCUT2D eigenvalue weighted by atomic mass is 10.1. The van der Waals surface area contributed by atoms with Crippen molar-refractivity contribution in [2.75, 3.05) is 6.61 Å². The number of benzene rings is 1. The predicted molar refractivity (Wildman–Crippen MR) is 78.4 cm³/mol. The predicted octanol–water partition coefficient (Wildman–Crippen LogP) is 1.97. The number of ether oxygens (including phenoxy) is 1. The summed E-state index contributed by atoms with van der Waals surface area (Å²) in [6.07, 6.45) is 2.23. The van der Waals surface area contributed by atoms with Gasteiger partial charge in [0.1, 0.15) is 0 Å². The van der Waals surface area contributed by atoms with Crippen LogP contribution < -0.4 is 5.32 Å². The summed E-state index contributed by atoms with van der Waals surface area (Å²) in [6.45, 7) is 3.11. The Balaban J connectivity index is 1.87. The van der Waals surface area contributed by atoms with Gasteiger partial charge in [0.15, 0.2) is 6.61 Å². The van der Waals surface area contributed by atoms with Crippen LogP contribution in [0.15, 0.2) is 18.2 Å². The molecule has 0 aromatic heterocycles. The van der Waals surface area contributed by atoms with Gasteiger partial charge >= 0.3 is 5.97 Å². The average Bonchev–Trinajstić information content (AvgIpc) is 3.28. The maximum atomic E-state index is 11.8. The van der Waals surface area contributed by atoms with Crippen LogP contribution in [0.25, 0.3) is 0 Å². The van der Waals surface area contributed by atoms with Gasteiger partial charge in [0.25, 0.3) is 11.6 Å². The summed E-state index contributed by atoms with van der Waals surface area (Å²) in [5.74, 6) is -0.490. The lowest BCUT2D eigenvalue weighted by Gasteiger charge is -2.12. The highest BCUT2D eigenvalue weighted by atomic mass is 16.6. The first kappa shape index (κ1) is 15.9. The lowest BCUT2D eigenvalue weighted by molar-refractivity contribution is -0.385. The normalized spacial score (nSPS) is 15.0. The van der Waals surface area contributed by atoms with Gasteiger partial charge in [0.2, 0.25) is 0 Å². The Kier molecular flexibility index (Phi) is 4.75. The molecule has 2 rings (SSSR count). The number of carbonyl (C=O) groups excluding carboxylic acids is 2. The van der Waals surface area contributed by atoms with Crippen LogP contribution in [0, 0.1) is 23.0 Å². The van der Waals surface area contributed by atoms with Gasteiger partial charge < -0.3 is 10.1 Å². The number of nitro benzene ring substituents is 1. The molecule has 1 aromatic rings. The molecule has 0 unspecified atom stereocenters. The van der Waals surface area contributed by atoms with Crippen molar-refractivity contribution in [1.82, 2.24) is 5.32 Å². The first-order valence-electron chi connectivity index (χ1n) is 7.10. The molecule has 1 fully saturated rings. The van der Waals surface area contributed by atoms with Crippen LogP contribution in [0.5, 0.6) is 0 Å². The molecule has 0 radical (unpaired) electrons. The van der Waals surface area contributed by atoms with E-state index in [4.69, 9.17) is 4.74 Å². The van der Waals surface area contributed by atoms with Crippen LogP contribution in [-0.4, -0.2) is 29.4 Å². The summed E-state index contributed by atoms with van der Waals surface area (Å²) in [4.78, 5) is 33.7. The number of hydrogen-bond donors (Lipinski definition) is 1. The highest BCUT2D eigenvalue weighted by Gasteiger charge is 2.29. The van der Waals surface area contributed by atoms with Gasteiger partial charge in [-0.1, -0.05) is 0 Å². The molecule has 118 valence electrons. The zero-order valence-corrected chi connectivity index (χ0v) is 12.5. The minimum Gasteiger partial charge on any atom is -0.452 e. The van der Waals surface area contributed by atoms with Gasteiger partial charge in [0.05, 0.1) is 10.5 Å². The molecule has 0 bridgehead atoms. The average molecular weight is 306 g/mol. The Hall–Kier alpha value is -2.44. The maximum Gasteiger partial charge on any atom is 0.338 e. The van der Waals surface area contributed by atoms with Crippen LogP contribution >= 0.6 is 0 Å². The smallest absolute Gasteiger partial charge is 0.338 e. The zero-order chi connectivity index (χ0) is 16.3. The number of nitrogens with one attached hydrogen (secondary N) is 1. The Morgan fingerprint density at radius 1 is 1.45 bits per heavy atom. The molecule has 1 atom stereocenters. The van der Waals surface area contributed by atoms with Crippen molar-refractivity contribution in [2.24, 2.45) is 5.92 Å². The van der Waals surface area contributed by atoms with Crippen molar-refractivity contribution < 1.29 is 19.2 Å². The van der Waals surface area contributed by atoms with Gasteiger partial charge in [-0.2, -0.15) is 0 Å². The Bertz CT molecular complexity index is 610. The number of hydrogen-bond acceptors (Lipinski definition) is 5. The molecule has 0 heterocycles. The van der Waals surface area contributed by atoms with Crippen molar-refractivity contribution in [2.45, 2.75) is 32.7 Å². The largest absolute Gasteiger partial charge is 0.452 e. The number of nitrogens with zero attached hydrogens (tertiary/aromatic N) is 1. The molecule has 0 spiro atoms. The zero-order valence-electron chi connectivity index (χ0n) is 12.5. The van der Waals surface area contributed by atoms with Crippen molar-refractivity contribution in [3.63, 3.8) is 0 Å². The van der Waals surface area contributed by atoms with E-state index in [9.17, 15) is 19.7 Å². The third-order valence-corrected chi connectivity index (χ3v) is 3.68. The lowest BCUT2D eigenvalue weighted by Crippen LogP contribution is -2.37. The molecule has 1 saturated carbocycles. The molecular formula is C15H18N2O5. The number of aryl methyl sites for hydroxylation is 1. The Labute approximate surface area is 127 Å². The number of carbonyl (C=O) groups is 2. The third-order valence-electron chi connectivity index (χ3n) is 3.68. The van der Waals surface area contributed by atoms with E-state index in [-0.39, 0.29) is 29.8 Å². The summed E-state index contributed by atoms with van der Waals surface area (Å²) < 4.78 is 4.93. The summed E-state index contributed by atoms with van der Waals surface area (Å²) >= 11 is 0. The molecular weight excluding hydrogens is 288 g/mol. The summed E-state index contributed by atoms with van der Waals surface area (Å²) in [7, 11) is 0. The number of nitro groups is 1. The second kappa shape index (κ2) is 6.55. The first-order chi connectivity index (χ1) is 10.4. The van der Waals surface area contributed by atoms with Gasteiger partial charge in [-0.15, -0.1) is 0 Å². The van der Waals surface area contributed by atoms with Gasteiger partial charge in [-0.05, 0) is 44.7 Å². The molecule has 7 nitrogen and oxygen atoms in total. The van der Waals surface area contributed by atoms with E-state index in [0.29, 0.717) is 11.5 Å². The second-order valence-corrected chi connectivity index (χ2v) is 5.53. The minimum absolute atomic E-state index is 0.0625. The molecule has 1 aliphatic rings. The number of esters is 1. The van der Waals surface area contributed by atoms with Crippen LogP contribution in [0.3, 0.4) is 0 Å². The van der Waals surface area contributed by atoms with Crippen LogP contribution in [0.1, 0.15) is 35.7 Å². The van der Waals surface area contributed by atoms with E-state index in [0.717, 1.165) is 12.8 Å². The number of rotatable bonds is 6. The third kappa shape index (κ3) is 4.03. The fraction of sp³-hybridized carbons (Fsp3) is 0.467. The molecule has 1 aliphatic carbocycles. The first-order valence-corrected chi connectivity index (χ1v) is 7.10. The summed E-state index contributed by atoms with van der Waals surface area (Å²) in [6, 6.07) is 4.04. The quantitative estimate of drug-likeness (QED) is 0.492. The van der Waals surface area contributed by atoms with Crippen molar-refractivity contribution in [3.8, 4) is 0 Å². The Morgan fingerprint density at radius 2 is 2.14 bits per heavy atom. The van der Waals surface area contributed by atoms with E-state index in [1.807, 2.05) is 6.92 Å². The molecule has 1 aromatic carbocycles. The minimum atomic E-state index is -0.674. The van der Waals surface area contributed by atoms with Crippen molar-refractivity contribution >= 4 is 17.6 Å². The highest BCUT2D eigenvalue weighted by molar-refractivity contribution is 5.91. The van der Waals surface area contributed by atoms with Gasteiger partial charge in [-0.3, -0.25) is 14.9 Å². The van der Waals surface area contributed by atoms with E-state index in [2.05, 4.69) is 5.32 Å². The fourth-order valence-corrected chi connectivity index (χ4v) is 2.21.